The number of imidazole rings is 1. The molecule has 0 saturated heterocycles. The van der Waals surface area contributed by atoms with Crippen molar-refractivity contribution in [2.24, 2.45) is 0 Å². The molecule has 5 heteroatoms. The first-order valence-corrected chi connectivity index (χ1v) is 9.31. The molecule has 1 heterocycles. The second-order valence-electron chi connectivity index (χ2n) is 6.76. The molecule has 0 aliphatic heterocycles. The van der Waals surface area contributed by atoms with Crippen molar-refractivity contribution in [3.63, 3.8) is 0 Å². The summed E-state index contributed by atoms with van der Waals surface area (Å²) >= 11 is 0. The van der Waals surface area contributed by atoms with Gasteiger partial charge >= 0.3 is 0 Å². The van der Waals surface area contributed by atoms with Crippen molar-refractivity contribution >= 4 is 28.7 Å². The molecule has 144 valence electrons. The Kier molecular flexibility index (Phi) is 5.12. The third-order valence-corrected chi connectivity index (χ3v) is 4.60. The van der Waals surface area contributed by atoms with Crippen molar-refractivity contribution in [3.8, 4) is 5.75 Å². The van der Waals surface area contributed by atoms with E-state index in [-0.39, 0.29) is 5.91 Å². The van der Waals surface area contributed by atoms with Gasteiger partial charge in [-0.05, 0) is 60.5 Å². The summed E-state index contributed by atoms with van der Waals surface area (Å²) in [5.74, 6) is 1.18. The van der Waals surface area contributed by atoms with E-state index in [1.54, 1.807) is 19.2 Å². The number of methoxy groups -OCH3 is 1. The monoisotopic (exact) mass is 383 g/mol. The van der Waals surface area contributed by atoms with Gasteiger partial charge in [-0.15, -0.1) is 0 Å². The van der Waals surface area contributed by atoms with Gasteiger partial charge in [0.15, 0.2) is 5.82 Å². The first kappa shape index (κ1) is 18.5. The molecule has 1 aromatic heterocycles. The van der Waals surface area contributed by atoms with E-state index in [1.165, 1.54) is 0 Å². The van der Waals surface area contributed by atoms with Gasteiger partial charge in [0.2, 0.25) is 0 Å². The number of H-pyrrole nitrogens is 1. The molecule has 2 N–H and O–H groups in total. The van der Waals surface area contributed by atoms with Crippen LogP contribution in [0.25, 0.3) is 22.8 Å². The molecule has 0 saturated carbocycles. The minimum absolute atomic E-state index is 0.193. The summed E-state index contributed by atoms with van der Waals surface area (Å²) in [7, 11) is 1.63. The summed E-state index contributed by atoms with van der Waals surface area (Å²) in [5.41, 5.74) is 5.01. The number of hydrogen-bond donors (Lipinski definition) is 2. The predicted molar refractivity (Wildman–Crippen MR) is 116 cm³/mol. The highest BCUT2D eigenvalue weighted by molar-refractivity contribution is 6.01. The molecule has 1 amide bonds. The van der Waals surface area contributed by atoms with Crippen LogP contribution < -0.4 is 10.1 Å². The van der Waals surface area contributed by atoms with Gasteiger partial charge in [-0.1, -0.05) is 36.4 Å². The summed E-state index contributed by atoms with van der Waals surface area (Å²) < 4.78 is 5.22. The number of benzene rings is 3. The Bertz CT molecular complexity index is 1180. The van der Waals surface area contributed by atoms with Crippen LogP contribution in [0.15, 0.2) is 72.8 Å². The molecule has 0 fully saturated rings. The van der Waals surface area contributed by atoms with Gasteiger partial charge < -0.3 is 15.0 Å². The average Bonchev–Trinajstić information content (AvgIpc) is 3.17. The van der Waals surface area contributed by atoms with Crippen molar-refractivity contribution in [1.29, 1.82) is 0 Å². The van der Waals surface area contributed by atoms with Gasteiger partial charge in [0.1, 0.15) is 5.75 Å². The summed E-state index contributed by atoms with van der Waals surface area (Å²) in [6.07, 6.45) is 1.89. The standard InChI is InChI=1S/C24H21N3O2/c1-16-8-13-20-21(14-16)26-23(25-20)22(15-17-9-11-19(29-2)12-10-17)27-24(28)18-6-4-3-5-7-18/h3-15H,1-2H3,(H,25,26)(H,27,28)/b22-15+. The molecule has 0 aliphatic rings. The van der Waals surface area contributed by atoms with Gasteiger partial charge in [-0.2, -0.15) is 0 Å². The molecular weight excluding hydrogens is 362 g/mol. The third kappa shape index (κ3) is 4.19. The SMILES string of the molecule is COc1ccc(/C=C(/NC(=O)c2ccccc2)c2nc3ccc(C)cc3[nH]2)cc1. The minimum atomic E-state index is -0.193. The van der Waals surface area contributed by atoms with Crippen LogP contribution in [0.5, 0.6) is 5.75 Å². The molecule has 29 heavy (non-hydrogen) atoms. The Balaban J connectivity index is 1.74. The average molecular weight is 383 g/mol. The zero-order chi connectivity index (χ0) is 20.2. The van der Waals surface area contributed by atoms with Crippen molar-refractivity contribution < 1.29 is 9.53 Å². The Labute approximate surface area is 169 Å². The van der Waals surface area contributed by atoms with Gasteiger partial charge in [0.05, 0.1) is 23.8 Å². The summed E-state index contributed by atoms with van der Waals surface area (Å²) in [6.45, 7) is 2.03. The molecule has 4 rings (SSSR count). The van der Waals surface area contributed by atoms with Gasteiger partial charge in [0, 0.05) is 5.56 Å². The number of fused-ring (bicyclic) bond motifs is 1. The van der Waals surface area contributed by atoms with Gasteiger partial charge in [0.25, 0.3) is 5.91 Å². The smallest absolute Gasteiger partial charge is 0.255 e. The van der Waals surface area contributed by atoms with Crippen LogP contribution in [0.1, 0.15) is 27.3 Å². The normalized spacial score (nSPS) is 11.4. The molecule has 3 aromatic carbocycles. The van der Waals surface area contributed by atoms with Crippen molar-refractivity contribution in [2.45, 2.75) is 6.92 Å². The fourth-order valence-corrected chi connectivity index (χ4v) is 3.07. The molecule has 0 aliphatic carbocycles. The highest BCUT2D eigenvalue weighted by atomic mass is 16.5. The maximum Gasteiger partial charge on any atom is 0.255 e. The van der Waals surface area contributed by atoms with Crippen LogP contribution in [-0.2, 0) is 0 Å². The van der Waals surface area contributed by atoms with Crippen LogP contribution in [0, 0.1) is 6.92 Å². The first-order valence-electron chi connectivity index (χ1n) is 9.31. The molecule has 5 nitrogen and oxygen atoms in total. The quantitative estimate of drug-likeness (QED) is 0.520. The van der Waals surface area contributed by atoms with E-state index in [0.717, 1.165) is 27.9 Å². The first-order chi connectivity index (χ1) is 14.1. The zero-order valence-electron chi connectivity index (χ0n) is 16.3. The fourth-order valence-electron chi connectivity index (χ4n) is 3.07. The zero-order valence-corrected chi connectivity index (χ0v) is 16.3. The van der Waals surface area contributed by atoms with Gasteiger partial charge in [-0.3, -0.25) is 4.79 Å². The minimum Gasteiger partial charge on any atom is -0.497 e. The lowest BCUT2D eigenvalue weighted by atomic mass is 10.1. The van der Waals surface area contributed by atoms with E-state index in [9.17, 15) is 4.79 Å². The second-order valence-corrected chi connectivity index (χ2v) is 6.76. The maximum atomic E-state index is 12.8. The molecule has 0 unspecified atom stereocenters. The summed E-state index contributed by atoms with van der Waals surface area (Å²) in [4.78, 5) is 20.8. The number of carbonyl (C=O) groups is 1. The van der Waals surface area contributed by atoms with Crippen LogP contribution in [0.3, 0.4) is 0 Å². The topological polar surface area (TPSA) is 67.0 Å². The summed E-state index contributed by atoms with van der Waals surface area (Å²) in [5, 5.41) is 3.00. The molecular formula is C24H21N3O2. The number of aromatic amines is 1. The van der Waals surface area contributed by atoms with Crippen molar-refractivity contribution in [2.75, 3.05) is 7.11 Å². The van der Waals surface area contributed by atoms with Crippen LogP contribution in [0.4, 0.5) is 0 Å². The molecule has 4 aromatic rings. The van der Waals surface area contributed by atoms with E-state index >= 15 is 0 Å². The Morgan fingerprint density at radius 2 is 1.79 bits per heavy atom. The number of ether oxygens (including phenoxy) is 1. The van der Waals surface area contributed by atoms with E-state index < -0.39 is 0 Å². The van der Waals surface area contributed by atoms with E-state index in [0.29, 0.717) is 17.1 Å². The maximum absolute atomic E-state index is 12.8. The molecule has 0 bridgehead atoms. The van der Waals surface area contributed by atoms with E-state index in [1.807, 2.05) is 73.7 Å². The molecule has 0 spiro atoms. The van der Waals surface area contributed by atoms with Gasteiger partial charge in [-0.25, -0.2) is 4.98 Å². The van der Waals surface area contributed by atoms with Crippen LogP contribution in [0.2, 0.25) is 0 Å². The number of rotatable bonds is 5. The largest absolute Gasteiger partial charge is 0.497 e. The number of carbonyl (C=O) groups excluding carboxylic acids is 1. The van der Waals surface area contributed by atoms with Crippen LogP contribution >= 0.6 is 0 Å². The lowest BCUT2D eigenvalue weighted by molar-refractivity contribution is 0.0973. The molecule has 0 radical (unpaired) electrons. The fraction of sp³-hybridized carbons (Fsp3) is 0.0833. The Morgan fingerprint density at radius 3 is 2.52 bits per heavy atom. The lowest BCUT2D eigenvalue weighted by Crippen LogP contribution is -2.22. The van der Waals surface area contributed by atoms with E-state index in [2.05, 4.69) is 15.3 Å². The van der Waals surface area contributed by atoms with Crippen molar-refractivity contribution in [1.82, 2.24) is 15.3 Å². The van der Waals surface area contributed by atoms with E-state index in [4.69, 9.17) is 4.74 Å². The highest BCUT2D eigenvalue weighted by Crippen LogP contribution is 2.21. The highest BCUT2D eigenvalue weighted by Gasteiger charge is 2.13. The number of nitrogens with one attached hydrogen (secondary N) is 2. The number of amides is 1. The third-order valence-electron chi connectivity index (χ3n) is 4.60. The Morgan fingerprint density at radius 1 is 1.03 bits per heavy atom. The Hall–Kier alpha value is -3.86. The number of aromatic nitrogens is 2. The van der Waals surface area contributed by atoms with Crippen molar-refractivity contribution in [3.05, 3.63) is 95.3 Å². The number of hydrogen-bond acceptors (Lipinski definition) is 3. The lowest BCUT2D eigenvalue weighted by Gasteiger charge is -2.09. The van der Waals surface area contributed by atoms with Crippen LogP contribution in [-0.4, -0.2) is 23.0 Å². The molecule has 0 atom stereocenters. The second kappa shape index (κ2) is 8.02. The number of aryl methyl sites for hydroxylation is 1. The summed E-state index contributed by atoms with van der Waals surface area (Å²) in [6, 6.07) is 22.8. The predicted octanol–water partition coefficient (Wildman–Crippen LogP) is 4.81. The number of nitrogens with zero attached hydrogens (tertiary/aromatic N) is 1.